The van der Waals surface area contributed by atoms with E-state index in [1.54, 1.807) is 4.90 Å². The van der Waals surface area contributed by atoms with Gasteiger partial charge >= 0.3 is 12.0 Å². The van der Waals surface area contributed by atoms with Crippen LogP contribution in [0.25, 0.3) is 0 Å². The predicted molar refractivity (Wildman–Crippen MR) is 78.9 cm³/mol. The Morgan fingerprint density at radius 2 is 1.95 bits per heavy atom. The van der Waals surface area contributed by atoms with Crippen molar-refractivity contribution in [2.45, 2.75) is 32.4 Å². The smallest absolute Gasteiger partial charge is 0.327 e. The lowest BCUT2D eigenvalue weighted by Crippen LogP contribution is -2.56. The van der Waals surface area contributed by atoms with Gasteiger partial charge in [0.15, 0.2) is 0 Å². The van der Waals surface area contributed by atoms with Crippen molar-refractivity contribution in [3.8, 4) is 0 Å². The van der Waals surface area contributed by atoms with Crippen molar-refractivity contribution in [1.29, 1.82) is 0 Å². The molecule has 6 nitrogen and oxygen atoms in total. The molecule has 0 spiro atoms. The molecule has 2 fully saturated rings. The maximum Gasteiger partial charge on any atom is 0.327 e. The zero-order valence-corrected chi connectivity index (χ0v) is 12.9. The Labute approximate surface area is 124 Å². The van der Waals surface area contributed by atoms with Crippen LogP contribution in [0.4, 0.5) is 4.79 Å². The molecule has 0 aliphatic carbocycles. The second-order valence-electron chi connectivity index (χ2n) is 5.39. The lowest BCUT2D eigenvalue weighted by molar-refractivity contribution is -0.141. The Bertz CT molecular complexity index is 372. The van der Waals surface area contributed by atoms with E-state index in [9.17, 15) is 9.59 Å². The number of nitrogens with zero attached hydrogens (tertiary/aromatic N) is 3. The molecule has 0 saturated carbocycles. The number of amides is 2. The second-order valence-corrected chi connectivity index (χ2v) is 6.39. The lowest BCUT2D eigenvalue weighted by Gasteiger charge is -2.39. The van der Waals surface area contributed by atoms with Crippen molar-refractivity contribution < 1.29 is 14.7 Å². The Morgan fingerprint density at radius 3 is 2.50 bits per heavy atom. The maximum absolute atomic E-state index is 12.4. The minimum atomic E-state index is -0.901. The zero-order valence-electron chi connectivity index (χ0n) is 12.1. The Hall–Kier alpha value is -0.950. The first kappa shape index (κ1) is 15.4. The van der Waals surface area contributed by atoms with Crippen LogP contribution in [-0.2, 0) is 4.79 Å². The van der Waals surface area contributed by atoms with Crippen molar-refractivity contribution in [1.82, 2.24) is 14.7 Å². The summed E-state index contributed by atoms with van der Waals surface area (Å²) >= 11 is 1.51. The van der Waals surface area contributed by atoms with Crippen molar-refractivity contribution in [2.24, 2.45) is 0 Å². The first-order valence-electron chi connectivity index (χ1n) is 7.14. The van der Waals surface area contributed by atoms with Crippen LogP contribution in [0.5, 0.6) is 0 Å². The summed E-state index contributed by atoms with van der Waals surface area (Å²) < 4.78 is 0. The number of hydrogen-bond donors (Lipinski definition) is 1. The molecule has 0 bridgehead atoms. The molecular formula is C13H23N3O3S. The maximum atomic E-state index is 12.4. The quantitative estimate of drug-likeness (QED) is 0.842. The number of carbonyl (C=O) groups is 2. The van der Waals surface area contributed by atoms with Crippen LogP contribution in [0.3, 0.4) is 0 Å². The van der Waals surface area contributed by atoms with E-state index in [0.29, 0.717) is 30.8 Å². The minimum Gasteiger partial charge on any atom is -0.480 e. The van der Waals surface area contributed by atoms with Crippen LogP contribution in [0.2, 0.25) is 0 Å². The lowest BCUT2D eigenvalue weighted by atomic mass is 10.2. The van der Waals surface area contributed by atoms with Crippen molar-refractivity contribution >= 4 is 23.8 Å². The topological polar surface area (TPSA) is 64.1 Å². The number of urea groups is 1. The van der Waals surface area contributed by atoms with Crippen molar-refractivity contribution in [3.63, 3.8) is 0 Å². The van der Waals surface area contributed by atoms with Crippen LogP contribution < -0.4 is 0 Å². The Balaban J connectivity index is 1.90. The summed E-state index contributed by atoms with van der Waals surface area (Å²) in [6.45, 7) is 7.50. The Kier molecular flexibility index (Phi) is 5.15. The fourth-order valence-corrected chi connectivity index (χ4v) is 3.77. The van der Waals surface area contributed by atoms with Gasteiger partial charge in [0.1, 0.15) is 6.04 Å². The molecule has 2 aliphatic rings. The van der Waals surface area contributed by atoms with Crippen LogP contribution in [-0.4, -0.2) is 81.7 Å². The number of piperazine rings is 1. The highest BCUT2D eigenvalue weighted by atomic mass is 32.2. The molecule has 2 atom stereocenters. The molecule has 2 aliphatic heterocycles. The van der Waals surface area contributed by atoms with E-state index in [0.717, 1.165) is 19.5 Å². The standard InChI is InChI=1S/C13H23N3O3S/c1-3-10(2)14-4-6-15(7-5-14)13(19)16-9-20-8-11(16)12(17)18/h10-11H,3-9H2,1-2H3,(H,17,18). The van der Waals surface area contributed by atoms with E-state index >= 15 is 0 Å². The molecule has 2 amide bonds. The fraction of sp³-hybridized carbons (Fsp3) is 0.846. The molecule has 2 unspecified atom stereocenters. The van der Waals surface area contributed by atoms with Gasteiger partial charge in [-0.25, -0.2) is 9.59 Å². The molecule has 7 heteroatoms. The van der Waals surface area contributed by atoms with Gasteiger partial charge in [0.25, 0.3) is 0 Å². The molecule has 2 heterocycles. The number of carboxylic acids is 1. The van der Waals surface area contributed by atoms with E-state index in [1.165, 1.54) is 16.7 Å². The van der Waals surface area contributed by atoms with E-state index in [-0.39, 0.29) is 6.03 Å². The van der Waals surface area contributed by atoms with Gasteiger partial charge in [-0.1, -0.05) is 6.92 Å². The van der Waals surface area contributed by atoms with Gasteiger partial charge < -0.3 is 14.9 Å². The first-order chi connectivity index (χ1) is 9.54. The van der Waals surface area contributed by atoms with Gasteiger partial charge in [-0.3, -0.25) is 4.90 Å². The summed E-state index contributed by atoms with van der Waals surface area (Å²) in [5.41, 5.74) is 0. The summed E-state index contributed by atoms with van der Waals surface area (Å²) in [6.07, 6.45) is 1.11. The highest BCUT2D eigenvalue weighted by molar-refractivity contribution is 7.99. The van der Waals surface area contributed by atoms with Gasteiger partial charge in [0, 0.05) is 38.0 Å². The third-order valence-electron chi connectivity index (χ3n) is 4.21. The number of aliphatic carboxylic acids is 1. The van der Waals surface area contributed by atoms with Gasteiger partial charge in [-0.2, -0.15) is 0 Å². The largest absolute Gasteiger partial charge is 0.480 e. The minimum absolute atomic E-state index is 0.119. The second kappa shape index (κ2) is 6.67. The van der Waals surface area contributed by atoms with E-state index in [4.69, 9.17) is 5.11 Å². The number of hydrogen-bond acceptors (Lipinski definition) is 4. The molecule has 20 heavy (non-hydrogen) atoms. The normalized spacial score (nSPS) is 25.8. The average Bonchev–Trinajstić information content (AvgIpc) is 2.95. The third-order valence-corrected chi connectivity index (χ3v) is 5.22. The van der Waals surface area contributed by atoms with Gasteiger partial charge in [-0.15, -0.1) is 11.8 Å². The van der Waals surface area contributed by atoms with Crippen molar-refractivity contribution in [2.75, 3.05) is 37.8 Å². The van der Waals surface area contributed by atoms with E-state index in [1.807, 2.05) is 0 Å². The molecule has 2 rings (SSSR count). The fourth-order valence-electron chi connectivity index (χ4n) is 2.63. The summed E-state index contributed by atoms with van der Waals surface area (Å²) in [7, 11) is 0. The van der Waals surface area contributed by atoms with Crippen LogP contribution in [0.1, 0.15) is 20.3 Å². The van der Waals surface area contributed by atoms with Gasteiger partial charge in [0.05, 0.1) is 5.88 Å². The van der Waals surface area contributed by atoms with E-state index in [2.05, 4.69) is 18.7 Å². The summed E-state index contributed by atoms with van der Waals surface area (Å²) in [5, 5.41) is 9.14. The molecule has 0 aromatic heterocycles. The van der Waals surface area contributed by atoms with E-state index < -0.39 is 12.0 Å². The molecule has 0 aromatic carbocycles. The number of carboxylic acid groups (broad SMARTS) is 1. The van der Waals surface area contributed by atoms with Crippen LogP contribution in [0.15, 0.2) is 0 Å². The summed E-state index contributed by atoms with van der Waals surface area (Å²) in [5.74, 6) is 0.0801. The van der Waals surface area contributed by atoms with Crippen LogP contribution in [0, 0.1) is 0 Å². The SMILES string of the molecule is CCC(C)N1CCN(C(=O)N2CSCC2C(=O)O)CC1. The monoisotopic (exact) mass is 301 g/mol. The highest BCUT2D eigenvalue weighted by Crippen LogP contribution is 2.23. The third kappa shape index (κ3) is 3.20. The average molecular weight is 301 g/mol. The molecular weight excluding hydrogens is 278 g/mol. The molecule has 0 radical (unpaired) electrons. The van der Waals surface area contributed by atoms with Crippen LogP contribution >= 0.6 is 11.8 Å². The molecule has 114 valence electrons. The molecule has 1 N–H and O–H groups in total. The Morgan fingerprint density at radius 1 is 1.30 bits per heavy atom. The van der Waals surface area contributed by atoms with Crippen molar-refractivity contribution in [3.05, 3.63) is 0 Å². The molecule has 0 aromatic rings. The number of carbonyl (C=O) groups excluding carboxylic acids is 1. The first-order valence-corrected chi connectivity index (χ1v) is 8.30. The zero-order chi connectivity index (χ0) is 14.7. The van der Waals surface area contributed by atoms with Gasteiger partial charge in [0.2, 0.25) is 0 Å². The number of rotatable bonds is 3. The predicted octanol–water partition coefficient (Wildman–Crippen LogP) is 0.982. The number of thioether (sulfide) groups is 1. The summed E-state index contributed by atoms with van der Waals surface area (Å²) in [6, 6.07) is -0.243. The highest BCUT2D eigenvalue weighted by Gasteiger charge is 2.37. The summed E-state index contributed by atoms with van der Waals surface area (Å²) in [4.78, 5) is 29.2. The molecule has 2 saturated heterocycles. The van der Waals surface area contributed by atoms with Gasteiger partial charge in [-0.05, 0) is 13.3 Å².